The molecule has 1 rings (SSSR count). The van der Waals surface area contributed by atoms with Crippen LogP contribution >= 0.6 is 0 Å². The summed E-state index contributed by atoms with van der Waals surface area (Å²) in [4.78, 5) is 11.4. The Balaban J connectivity index is 2.18. The largest absolute Gasteiger partial charge is 0.446 e. The summed E-state index contributed by atoms with van der Waals surface area (Å²) in [5.41, 5.74) is 5.34. The average Bonchev–Trinajstić information content (AvgIpc) is 2.22. The zero-order chi connectivity index (χ0) is 11.6. The molecule has 4 nitrogen and oxygen atoms in total. The Morgan fingerprint density at radius 2 is 2.19 bits per heavy atom. The van der Waals surface area contributed by atoms with E-state index in [9.17, 15) is 4.79 Å². The number of nitrogens with two attached hydrogens (primary N) is 1. The predicted octanol–water partition coefficient (Wildman–Crippen LogP) is 1.95. The van der Waals surface area contributed by atoms with E-state index in [1.807, 2.05) is 0 Å². The second-order valence-electron chi connectivity index (χ2n) is 4.08. The molecule has 0 bridgehead atoms. The van der Waals surface area contributed by atoms with Crippen molar-refractivity contribution in [2.45, 2.75) is 44.6 Å². The molecule has 0 saturated carbocycles. The molecule has 0 heterocycles. The van der Waals surface area contributed by atoms with Crippen LogP contribution in [0.1, 0.15) is 38.5 Å². The third kappa shape index (κ3) is 5.75. The summed E-state index contributed by atoms with van der Waals surface area (Å²) >= 11 is 0. The number of hydrogen-bond acceptors (Lipinski definition) is 3. The molecule has 0 aliphatic heterocycles. The fourth-order valence-corrected chi connectivity index (χ4v) is 1.73. The molecule has 0 radical (unpaired) electrons. The lowest BCUT2D eigenvalue weighted by atomic mass is 10.0. The number of carbonyl (C=O) groups excluding carboxylic acids is 1. The molecular weight excluding hydrogens is 204 g/mol. The first-order chi connectivity index (χ1) is 7.83. The zero-order valence-electron chi connectivity index (χ0n) is 9.78. The van der Waals surface area contributed by atoms with Crippen molar-refractivity contribution in [3.8, 4) is 0 Å². The fourth-order valence-electron chi connectivity index (χ4n) is 1.73. The van der Waals surface area contributed by atoms with Gasteiger partial charge in [0.1, 0.15) is 6.10 Å². The van der Waals surface area contributed by atoms with Gasteiger partial charge < -0.3 is 15.8 Å². The number of rotatable bonds is 4. The number of ether oxygens (including phenoxy) is 1. The molecular formula is C12H22N2O2. The Hall–Kier alpha value is -1.03. The van der Waals surface area contributed by atoms with Crippen LogP contribution in [0, 0.1) is 0 Å². The van der Waals surface area contributed by atoms with Crippen molar-refractivity contribution in [1.29, 1.82) is 0 Å². The van der Waals surface area contributed by atoms with E-state index < -0.39 is 0 Å². The Labute approximate surface area is 97.2 Å². The first kappa shape index (κ1) is 13.0. The highest BCUT2D eigenvalue weighted by atomic mass is 16.6. The second kappa shape index (κ2) is 8.16. The Morgan fingerprint density at radius 1 is 1.38 bits per heavy atom. The van der Waals surface area contributed by atoms with E-state index in [-0.39, 0.29) is 12.2 Å². The zero-order valence-corrected chi connectivity index (χ0v) is 9.78. The molecule has 3 N–H and O–H groups in total. The molecule has 1 amide bonds. The summed E-state index contributed by atoms with van der Waals surface area (Å²) in [6.07, 6.45) is 10.0. The topological polar surface area (TPSA) is 64.3 Å². The van der Waals surface area contributed by atoms with Gasteiger partial charge in [0, 0.05) is 6.54 Å². The van der Waals surface area contributed by atoms with Crippen LogP contribution in [0.2, 0.25) is 0 Å². The number of alkyl carbamates (subject to hydrolysis) is 1. The molecule has 1 atom stereocenters. The van der Waals surface area contributed by atoms with Gasteiger partial charge in [-0.05, 0) is 45.1 Å². The molecule has 92 valence electrons. The van der Waals surface area contributed by atoms with Crippen LogP contribution in [0.4, 0.5) is 4.79 Å². The first-order valence-electron chi connectivity index (χ1n) is 6.12. The summed E-state index contributed by atoms with van der Waals surface area (Å²) in [6, 6.07) is 0. The number of amides is 1. The monoisotopic (exact) mass is 226 g/mol. The van der Waals surface area contributed by atoms with Crippen molar-refractivity contribution >= 4 is 6.09 Å². The minimum absolute atomic E-state index is 0.0721. The summed E-state index contributed by atoms with van der Waals surface area (Å²) in [6.45, 7) is 1.19. The maximum Gasteiger partial charge on any atom is 0.407 e. The third-order valence-corrected chi connectivity index (χ3v) is 2.64. The highest BCUT2D eigenvalue weighted by Crippen LogP contribution is 2.15. The Bertz CT molecular complexity index is 229. The molecule has 0 aromatic heterocycles. The number of nitrogens with one attached hydrogen (secondary N) is 1. The van der Waals surface area contributed by atoms with Crippen molar-refractivity contribution in [2.24, 2.45) is 5.73 Å². The van der Waals surface area contributed by atoms with Gasteiger partial charge in [0.25, 0.3) is 0 Å². The second-order valence-corrected chi connectivity index (χ2v) is 4.08. The van der Waals surface area contributed by atoms with Crippen molar-refractivity contribution < 1.29 is 9.53 Å². The van der Waals surface area contributed by atoms with Gasteiger partial charge in [0.2, 0.25) is 0 Å². The van der Waals surface area contributed by atoms with Crippen molar-refractivity contribution in [2.75, 3.05) is 13.1 Å². The van der Waals surface area contributed by atoms with Crippen LogP contribution in [0.5, 0.6) is 0 Å². The van der Waals surface area contributed by atoms with Gasteiger partial charge in [-0.3, -0.25) is 0 Å². The van der Waals surface area contributed by atoms with E-state index in [1.54, 1.807) is 0 Å². The molecule has 1 aliphatic rings. The minimum atomic E-state index is -0.303. The van der Waals surface area contributed by atoms with Crippen LogP contribution < -0.4 is 11.1 Å². The van der Waals surface area contributed by atoms with E-state index in [0.717, 1.165) is 38.5 Å². The Morgan fingerprint density at radius 3 is 3.00 bits per heavy atom. The average molecular weight is 226 g/mol. The lowest BCUT2D eigenvalue weighted by Gasteiger charge is -2.18. The normalized spacial score (nSPS) is 22.9. The van der Waals surface area contributed by atoms with E-state index in [2.05, 4.69) is 17.5 Å². The van der Waals surface area contributed by atoms with Crippen LogP contribution in [0.15, 0.2) is 12.2 Å². The highest BCUT2D eigenvalue weighted by Gasteiger charge is 2.13. The van der Waals surface area contributed by atoms with Crippen LogP contribution in [-0.2, 0) is 4.74 Å². The van der Waals surface area contributed by atoms with Crippen molar-refractivity contribution in [3.05, 3.63) is 12.2 Å². The van der Waals surface area contributed by atoms with Crippen molar-refractivity contribution in [3.63, 3.8) is 0 Å². The molecule has 1 aliphatic carbocycles. The van der Waals surface area contributed by atoms with E-state index in [1.165, 1.54) is 0 Å². The molecule has 4 heteroatoms. The van der Waals surface area contributed by atoms with E-state index >= 15 is 0 Å². The molecule has 0 aromatic carbocycles. The molecule has 16 heavy (non-hydrogen) atoms. The molecule has 0 unspecified atom stereocenters. The smallest absolute Gasteiger partial charge is 0.407 e. The van der Waals surface area contributed by atoms with Crippen LogP contribution in [0.3, 0.4) is 0 Å². The minimum Gasteiger partial charge on any atom is -0.446 e. The van der Waals surface area contributed by atoms with Gasteiger partial charge in [0.05, 0.1) is 0 Å². The maximum absolute atomic E-state index is 11.4. The van der Waals surface area contributed by atoms with Gasteiger partial charge in [-0.25, -0.2) is 4.79 Å². The number of hydrogen-bond donors (Lipinski definition) is 2. The molecule has 0 aromatic rings. The summed E-state index contributed by atoms with van der Waals surface area (Å²) in [5.74, 6) is 0. The van der Waals surface area contributed by atoms with Gasteiger partial charge in [-0.2, -0.15) is 0 Å². The highest BCUT2D eigenvalue weighted by molar-refractivity contribution is 5.67. The maximum atomic E-state index is 11.4. The van der Waals surface area contributed by atoms with Gasteiger partial charge in [0.15, 0.2) is 0 Å². The van der Waals surface area contributed by atoms with Crippen LogP contribution in [0.25, 0.3) is 0 Å². The first-order valence-corrected chi connectivity index (χ1v) is 6.12. The van der Waals surface area contributed by atoms with Gasteiger partial charge in [-0.1, -0.05) is 12.2 Å². The quantitative estimate of drug-likeness (QED) is 0.569. The third-order valence-electron chi connectivity index (χ3n) is 2.64. The standard InChI is InChI=1S/C12H22N2O2/c13-9-6-10-14-12(15)16-11-7-4-2-1-3-5-8-11/h1-2,11H,3-10,13H2,(H,14,15)/b2-1+/t11-/m1/s1. The Kier molecular flexibility index (Phi) is 6.65. The van der Waals surface area contributed by atoms with E-state index in [0.29, 0.717) is 13.1 Å². The summed E-state index contributed by atoms with van der Waals surface area (Å²) in [5, 5.41) is 2.71. The SMILES string of the molecule is NCCCNC(=O)O[C@@H]1CC/C=C/CCC1. The van der Waals surface area contributed by atoms with E-state index in [4.69, 9.17) is 10.5 Å². The summed E-state index contributed by atoms with van der Waals surface area (Å²) in [7, 11) is 0. The molecule has 0 saturated heterocycles. The van der Waals surface area contributed by atoms with Crippen molar-refractivity contribution in [1.82, 2.24) is 5.32 Å². The van der Waals surface area contributed by atoms with Gasteiger partial charge >= 0.3 is 6.09 Å². The molecule has 0 fully saturated rings. The summed E-state index contributed by atoms with van der Waals surface area (Å²) < 4.78 is 5.35. The van der Waals surface area contributed by atoms with Gasteiger partial charge in [-0.15, -0.1) is 0 Å². The molecule has 0 spiro atoms. The fraction of sp³-hybridized carbons (Fsp3) is 0.750. The number of carbonyl (C=O) groups is 1. The lowest BCUT2D eigenvalue weighted by molar-refractivity contribution is 0.0864. The predicted molar refractivity (Wildman–Crippen MR) is 64.2 cm³/mol. The number of allylic oxidation sites excluding steroid dienone is 2. The lowest BCUT2D eigenvalue weighted by Crippen LogP contribution is -2.30. The van der Waals surface area contributed by atoms with Crippen LogP contribution in [-0.4, -0.2) is 25.3 Å².